The van der Waals surface area contributed by atoms with Gasteiger partial charge in [0.25, 0.3) is 5.91 Å². The third kappa shape index (κ3) is 5.80. The Morgan fingerprint density at radius 3 is 2.36 bits per heavy atom. The molecule has 0 aliphatic rings. The second-order valence-corrected chi connectivity index (χ2v) is 6.05. The molecule has 2 amide bonds. The number of methoxy groups -OCH3 is 1. The fourth-order valence-electron chi connectivity index (χ4n) is 2.38. The van der Waals surface area contributed by atoms with Crippen LogP contribution in [0.15, 0.2) is 42.5 Å². The first-order valence-electron chi connectivity index (χ1n) is 8.41. The molecule has 0 unspecified atom stereocenters. The Hall–Kier alpha value is -3.42. The van der Waals surface area contributed by atoms with E-state index in [1.807, 2.05) is 0 Å². The van der Waals surface area contributed by atoms with E-state index in [9.17, 15) is 18.8 Å². The average molecular weight is 388 g/mol. The number of ether oxygens (including phenoxy) is 2. The second kappa shape index (κ2) is 9.50. The molecule has 0 radical (unpaired) electrons. The second-order valence-electron chi connectivity index (χ2n) is 6.05. The molecule has 1 N–H and O–H groups in total. The molecular formula is C20H21FN2O5. The Morgan fingerprint density at radius 2 is 1.79 bits per heavy atom. The molecule has 0 spiro atoms. The zero-order valence-corrected chi connectivity index (χ0v) is 15.8. The standard InChI is InChI=1S/C20H21FN2O5/c1-13(24)22-16-7-5-15(6-8-16)20(26)28-12-19(25)23(2)11-14-4-9-18(27-3)17(21)10-14/h4-10H,11-12H2,1-3H3,(H,22,24). The number of nitrogens with one attached hydrogen (secondary N) is 1. The van der Waals surface area contributed by atoms with Gasteiger partial charge in [-0.05, 0) is 42.0 Å². The normalized spacial score (nSPS) is 10.1. The third-order valence-electron chi connectivity index (χ3n) is 3.83. The highest BCUT2D eigenvalue weighted by Gasteiger charge is 2.15. The van der Waals surface area contributed by atoms with E-state index in [-0.39, 0.29) is 23.8 Å². The molecule has 2 rings (SSSR count). The van der Waals surface area contributed by atoms with Crippen molar-refractivity contribution in [3.63, 3.8) is 0 Å². The lowest BCUT2D eigenvalue weighted by molar-refractivity contribution is -0.133. The number of hydrogen-bond acceptors (Lipinski definition) is 5. The summed E-state index contributed by atoms with van der Waals surface area (Å²) >= 11 is 0. The van der Waals surface area contributed by atoms with Crippen LogP contribution in [0.4, 0.5) is 10.1 Å². The number of carbonyl (C=O) groups is 3. The van der Waals surface area contributed by atoms with Gasteiger partial charge < -0.3 is 19.7 Å². The summed E-state index contributed by atoms with van der Waals surface area (Å²) in [5.74, 6) is -1.71. The number of rotatable bonds is 7. The number of amides is 2. The van der Waals surface area contributed by atoms with Crippen molar-refractivity contribution in [3.05, 3.63) is 59.4 Å². The Bertz CT molecular complexity index is 867. The van der Waals surface area contributed by atoms with Gasteiger partial charge >= 0.3 is 5.97 Å². The van der Waals surface area contributed by atoms with Crippen molar-refractivity contribution in [2.45, 2.75) is 13.5 Å². The Morgan fingerprint density at radius 1 is 1.11 bits per heavy atom. The SMILES string of the molecule is COc1ccc(CN(C)C(=O)COC(=O)c2ccc(NC(C)=O)cc2)cc1F. The smallest absolute Gasteiger partial charge is 0.338 e. The minimum Gasteiger partial charge on any atom is -0.494 e. The van der Waals surface area contributed by atoms with Crippen LogP contribution in [-0.4, -0.2) is 43.4 Å². The van der Waals surface area contributed by atoms with Gasteiger partial charge in [0.05, 0.1) is 12.7 Å². The van der Waals surface area contributed by atoms with E-state index >= 15 is 0 Å². The maximum absolute atomic E-state index is 13.7. The predicted molar refractivity (Wildman–Crippen MR) is 100 cm³/mol. The number of benzene rings is 2. The van der Waals surface area contributed by atoms with E-state index in [1.165, 1.54) is 50.2 Å². The monoisotopic (exact) mass is 388 g/mol. The zero-order chi connectivity index (χ0) is 20.7. The summed E-state index contributed by atoms with van der Waals surface area (Å²) in [6.45, 7) is 1.09. The van der Waals surface area contributed by atoms with Crippen LogP contribution < -0.4 is 10.1 Å². The molecule has 0 saturated carbocycles. The highest BCUT2D eigenvalue weighted by Crippen LogP contribution is 2.18. The van der Waals surface area contributed by atoms with Crippen LogP contribution in [-0.2, 0) is 20.9 Å². The minimum absolute atomic E-state index is 0.121. The van der Waals surface area contributed by atoms with Crippen LogP contribution in [0, 0.1) is 5.82 Å². The van der Waals surface area contributed by atoms with Gasteiger partial charge in [-0.3, -0.25) is 9.59 Å². The molecule has 0 aromatic heterocycles. The lowest BCUT2D eigenvalue weighted by Gasteiger charge is -2.17. The van der Waals surface area contributed by atoms with E-state index < -0.39 is 24.3 Å². The highest BCUT2D eigenvalue weighted by atomic mass is 19.1. The summed E-state index contributed by atoms with van der Waals surface area (Å²) in [5.41, 5.74) is 1.38. The van der Waals surface area contributed by atoms with Crippen LogP contribution in [0.2, 0.25) is 0 Å². The molecule has 2 aromatic rings. The Balaban J connectivity index is 1.87. The van der Waals surface area contributed by atoms with Crippen molar-refractivity contribution in [1.82, 2.24) is 4.90 Å². The average Bonchev–Trinajstić information content (AvgIpc) is 2.66. The van der Waals surface area contributed by atoms with Gasteiger partial charge in [-0.1, -0.05) is 6.07 Å². The number of anilines is 1. The summed E-state index contributed by atoms with van der Waals surface area (Å²) in [6, 6.07) is 10.5. The maximum atomic E-state index is 13.7. The molecule has 2 aromatic carbocycles. The van der Waals surface area contributed by atoms with Gasteiger partial charge in [0.2, 0.25) is 5.91 Å². The minimum atomic E-state index is -0.661. The first kappa shape index (κ1) is 20.9. The Kier molecular flexibility index (Phi) is 7.08. The first-order chi connectivity index (χ1) is 13.3. The van der Waals surface area contributed by atoms with Gasteiger partial charge in [0.15, 0.2) is 18.2 Å². The molecule has 0 bridgehead atoms. The lowest BCUT2D eigenvalue weighted by Crippen LogP contribution is -2.30. The number of hydrogen-bond donors (Lipinski definition) is 1. The van der Waals surface area contributed by atoms with E-state index in [0.29, 0.717) is 11.3 Å². The van der Waals surface area contributed by atoms with Crippen LogP contribution >= 0.6 is 0 Å². The summed E-state index contributed by atoms with van der Waals surface area (Å²) in [6.07, 6.45) is 0. The molecule has 0 saturated heterocycles. The van der Waals surface area contributed by atoms with Gasteiger partial charge in [0, 0.05) is 26.2 Å². The first-order valence-corrected chi connectivity index (χ1v) is 8.41. The van der Waals surface area contributed by atoms with Gasteiger partial charge in [-0.25, -0.2) is 9.18 Å². The summed E-state index contributed by atoms with van der Waals surface area (Å²) in [5, 5.41) is 2.58. The Labute approximate surface area is 162 Å². The van der Waals surface area contributed by atoms with Crippen molar-refractivity contribution < 1.29 is 28.2 Å². The van der Waals surface area contributed by atoms with E-state index in [2.05, 4.69) is 5.32 Å². The molecule has 28 heavy (non-hydrogen) atoms. The molecule has 0 fully saturated rings. The van der Waals surface area contributed by atoms with Crippen LogP contribution in [0.1, 0.15) is 22.8 Å². The highest BCUT2D eigenvalue weighted by molar-refractivity contribution is 5.93. The molecule has 148 valence electrons. The molecule has 0 atom stereocenters. The van der Waals surface area contributed by atoms with Crippen molar-refractivity contribution >= 4 is 23.5 Å². The summed E-state index contributed by atoms with van der Waals surface area (Å²) < 4.78 is 23.6. The van der Waals surface area contributed by atoms with Crippen LogP contribution in [0.5, 0.6) is 5.75 Å². The molecule has 0 aliphatic carbocycles. The number of halogens is 1. The van der Waals surface area contributed by atoms with Crippen molar-refractivity contribution in [2.24, 2.45) is 0 Å². The fourth-order valence-corrected chi connectivity index (χ4v) is 2.38. The quantitative estimate of drug-likeness (QED) is 0.737. The summed E-state index contributed by atoms with van der Waals surface area (Å²) in [7, 11) is 2.90. The maximum Gasteiger partial charge on any atom is 0.338 e. The number of likely N-dealkylation sites (N-methyl/N-ethyl adjacent to an activating group) is 1. The van der Waals surface area contributed by atoms with Gasteiger partial charge in [-0.15, -0.1) is 0 Å². The third-order valence-corrected chi connectivity index (χ3v) is 3.83. The van der Waals surface area contributed by atoms with Crippen LogP contribution in [0.25, 0.3) is 0 Å². The van der Waals surface area contributed by atoms with E-state index in [0.717, 1.165) is 0 Å². The van der Waals surface area contributed by atoms with Gasteiger partial charge in [0.1, 0.15) is 0 Å². The summed E-state index contributed by atoms with van der Waals surface area (Å²) in [4.78, 5) is 36.5. The van der Waals surface area contributed by atoms with E-state index in [1.54, 1.807) is 18.2 Å². The molecule has 8 heteroatoms. The van der Waals surface area contributed by atoms with Crippen molar-refractivity contribution in [1.29, 1.82) is 0 Å². The number of nitrogens with zero attached hydrogens (tertiary/aromatic N) is 1. The molecule has 7 nitrogen and oxygen atoms in total. The molecular weight excluding hydrogens is 367 g/mol. The van der Waals surface area contributed by atoms with E-state index in [4.69, 9.17) is 9.47 Å². The zero-order valence-electron chi connectivity index (χ0n) is 15.8. The van der Waals surface area contributed by atoms with Crippen molar-refractivity contribution in [3.8, 4) is 5.75 Å². The number of esters is 1. The molecule has 0 aliphatic heterocycles. The van der Waals surface area contributed by atoms with Crippen LogP contribution in [0.3, 0.4) is 0 Å². The van der Waals surface area contributed by atoms with Crippen molar-refractivity contribution in [2.75, 3.05) is 26.1 Å². The topological polar surface area (TPSA) is 84.9 Å². The molecule has 0 heterocycles. The number of carbonyl (C=O) groups excluding carboxylic acids is 3. The largest absolute Gasteiger partial charge is 0.494 e. The predicted octanol–water partition coefficient (Wildman–Crippen LogP) is 2.61. The lowest BCUT2D eigenvalue weighted by atomic mass is 10.2. The van der Waals surface area contributed by atoms with Gasteiger partial charge in [-0.2, -0.15) is 0 Å². The fraction of sp³-hybridized carbons (Fsp3) is 0.250.